The number of aliphatic hydroxyl groups is 1. The third kappa shape index (κ3) is 5.28. The maximum atomic E-state index is 15.6. The van der Waals surface area contributed by atoms with Crippen LogP contribution in [0.3, 0.4) is 0 Å². The monoisotopic (exact) mass is 728 g/mol. The van der Waals surface area contributed by atoms with E-state index in [1.807, 2.05) is 87.5 Å². The third-order valence-corrected chi connectivity index (χ3v) is 16.6. The van der Waals surface area contributed by atoms with Gasteiger partial charge in [0.1, 0.15) is 23.7 Å². The molecule has 3 aliphatic carbocycles. The molecule has 1 heterocycles. The molecule has 7 rings (SSSR count). The molecule has 11 heteroatoms. The van der Waals surface area contributed by atoms with Crippen molar-refractivity contribution < 1.29 is 33.1 Å². The van der Waals surface area contributed by atoms with Crippen molar-refractivity contribution in [3.8, 4) is 11.6 Å². The van der Waals surface area contributed by atoms with Crippen LogP contribution in [-0.4, -0.2) is 61.9 Å². The fraction of sp³-hybridized carbons (Fsp3) is 0.425. The molecule has 51 heavy (non-hydrogen) atoms. The molecule has 0 spiro atoms. The van der Waals surface area contributed by atoms with E-state index in [9.17, 15) is 5.11 Å². The first-order valence-electron chi connectivity index (χ1n) is 17.4. The second-order valence-electron chi connectivity index (χ2n) is 15.9. The number of nitrogens with zero attached hydrogens (tertiary/aromatic N) is 2. The first-order valence-corrected chi connectivity index (χ1v) is 20.7. The normalized spacial score (nSPS) is 23.2. The summed E-state index contributed by atoms with van der Waals surface area (Å²) in [6, 6.07) is 14.7. The van der Waals surface area contributed by atoms with Crippen LogP contribution in [0.5, 0.6) is 11.6 Å². The number of aliphatic hydroxyl groups excluding tert-OH is 1. The molecule has 4 aromatic rings. The maximum Gasteiger partial charge on any atom is 0.265 e. The molecule has 1 aromatic heterocycles. The van der Waals surface area contributed by atoms with Crippen molar-refractivity contribution in [3.63, 3.8) is 0 Å². The van der Waals surface area contributed by atoms with Gasteiger partial charge < -0.3 is 23.5 Å². The number of halogens is 1. The first-order chi connectivity index (χ1) is 24.0. The zero-order chi connectivity index (χ0) is 36.8. The molecule has 0 amide bonds. The SMILES string of the molecule is COc1ccc2c(Cl)c3c(c(C)c2c1)C(O)=C1C(=O)[C@]2(O[Si](C)(C)C(C)(C)C)C(=O)c4c(OCc5ccccc5)noc4[C@@H](N(C)C)[C@@H]2C[C@@H]1C3. The summed E-state index contributed by atoms with van der Waals surface area (Å²) < 4.78 is 24.9. The zero-order valence-electron chi connectivity index (χ0n) is 30.6. The molecule has 0 bridgehead atoms. The Balaban J connectivity index is 1.46. The molecular formula is C40H45ClN2O7Si. The second-order valence-corrected chi connectivity index (χ2v) is 21.0. The number of hydrogen-bond donors (Lipinski definition) is 1. The van der Waals surface area contributed by atoms with Crippen LogP contribution < -0.4 is 9.47 Å². The topological polar surface area (TPSA) is 111 Å². The van der Waals surface area contributed by atoms with Gasteiger partial charge in [-0.2, -0.15) is 0 Å². The molecule has 0 radical (unpaired) electrons. The van der Waals surface area contributed by atoms with Crippen LogP contribution in [0.1, 0.15) is 71.6 Å². The van der Waals surface area contributed by atoms with E-state index in [-0.39, 0.29) is 34.4 Å². The maximum absolute atomic E-state index is 15.6. The van der Waals surface area contributed by atoms with Crippen LogP contribution in [0.4, 0.5) is 0 Å². The smallest absolute Gasteiger partial charge is 0.265 e. The van der Waals surface area contributed by atoms with Gasteiger partial charge in [-0.3, -0.25) is 14.5 Å². The number of benzene rings is 3. The minimum Gasteiger partial charge on any atom is -0.507 e. The number of Topliss-reactive ketones (excluding diaryl/α,β-unsaturated/α-hetero) is 2. The zero-order valence-corrected chi connectivity index (χ0v) is 32.4. The third-order valence-electron chi connectivity index (χ3n) is 11.7. The lowest BCUT2D eigenvalue weighted by Gasteiger charge is -2.55. The number of aryl methyl sites for hydroxylation is 1. The summed E-state index contributed by atoms with van der Waals surface area (Å²) in [4.78, 5) is 32.9. The number of aromatic nitrogens is 1. The summed E-state index contributed by atoms with van der Waals surface area (Å²) in [6.45, 7) is 12.4. The summed E-state index contributed by atoms with van der Waals surface area (Å²) in [5, 5.41) is 18.4. The molecule has 1 fully saturated rings. The largest absolute Gasteiger partial charge is 0.507 e. The number of carbonyl (C=O) groups excluding carboxylic acids is 2. The molecule has 4 atom stereocenters. The summed E-state index contributed by atoms with van der Waals surface area (Å²) in [7, 11) is 2.55. The molecule has 268 valence electrons. The average Bonchev–Trinajstić information content (AvgIpc) is 3.50. The summed E-state index contributed by atoms with van der Waals surface area (Å²) in [5.41, 5.74) is 1.32. The molecule has 1 N–H and O–H groups in total. The summed E-state index contributed by atoms with van der Waals surface area (Å²) in [5.74, 6) is -1.27. The van der Waals surface area contributed by atoms with Crippen molar-refractivity contribution in [2.24, 2.45) is 11.8 Å². The Morgan fingerprint density at radius 1 is 1.06 bits per heavy atom. The molecular weight excluding hydrogens is 684 g/mol. The fourth-order valence-electron chi connectivity index (χ4n) is 8.14. The summed E-state index contributed by atoms with van der Waals surface area (Å²) in [6.07, 6.45) is 0.780. The second kappa shape index (κ2) is 12.3. The molecule has 3 aromatic carbocycles. The predicted octanol–water partition coefficient (Wildman–Crippen LogP) is 8.67. The van der Waals surface area contributed by atoms with Crippen LogP contribution in [0, 0.1) is 18.8 Å². The van der Waals surface area contributed by atoms with Crippen molar-refractivity contribution >= 4 is 48.0 Å². The van der Waals surface area contributed by atoms with Crippen molar-refractivity contribution in [1.82, 2.24) is 10.1 Å². The lowest BCUT2D eigenvalue weighted by Crippen LogP contribution is -2.68. The molecule has 0 unspecified atom stereocenters. The van der Waals surface area contributed by atoms with E-state index in [4.69, 9.17) is 30.0 Å². The van der Waals surface area contributed by atoms with Gasteiger partial charge in [0.2, 0.25) is 11.6 Å². The first kappa shape index (κ1) is 35.4. The number of ether oxygens (including phenoxy) is 2. The van der Waals surface area contributed by atoms with Gasteiger partial charge in [-0.1, -0.05) is 62.7 Å². The van der Waals surface area contributed by atoms with Crippen LogP contribution in [0.2, 0.25) is 23.2 Å². The van der Waals surface area contributed by atoms with Gasteiger partial charge in [-0.05, 0) is 103 Å². The fourth-order valence-corrected chi connectivity index (χ4v) is 9.93. The highest BCUT2D eigenvalue weighted by molar-refractivity contribution is 6.74. The van der Waals surface area contributed by atoms with E-state index < -0.39 is 43.4 Å². The van der Waals surface area contributed by atoms with Gasteiger partial charge in [-0.25, -0.2) is 0 Å². The van der Waals surface area contributed by atoms with E-state index >= 15 is 9.59 Å². The van der Waals surface area contributed by atoms with Crippen molar-refractivity contribution in [2.75, 3.05) is 21.2 Å². The Labute approximate surface area is 304 Å². The Morgan fingerprint density at radius 3 is 2.41 bits per heavy atom. The number of carbonyl (C=O) groups is 2. The van der Waals surface area contributed by atoms with Gasteiger partial charge in [0.25, 0.3) is 5.88 Å². The van der Waals surface area contributed by atoms with Gasteiger partial charge >= 0.3 is 0 Å². The van der Waals surface area contributed by atoms with Gasteiger partial charge in [0.05, 0.1) is 18.2 Å². The van der Waals surface area contributed by atoms with E-state index in [0.717, 1.165) is 27.5 Å². The van der Waals surface area contributed by atoms with E-state index in [1.54, 1.807) is 7.11 Å². The molecule has 9 nitrogen and oxygen atoms in total. The molecule has 1 saturated carbocycles. The highest BCUT2D eigenvalue weighted by Gasteiger charge is 2.68. The highest BCUT2D eigenvalue weighted by Crippen LogP contribution is 2.59. The van der Waals surface area contributed by atoms with Gasteiger partial charge in [-0.15, -0.1) is 0 Å². The van der Waals surface area contributed by atoms with Crippen molar-refractivity contribution in [3.05, 3.63) is 92.7 Å². The van der Waals surface area contributed by atoms with E-state index in [1.165, 1.54) is 0 Å². The quantitative estimate of drug-likeness (QED) is 0.148. The highest BCUT2D eigenvalue weighted by atomic mass is 35.5. The Hall–Kier alpha value is -3.96. The number of methoxy groups -OCH3 is 1. The Morgan fingerprint density at radius 2 is 1.76 bits per heavy atom. The molecule has 0 saturated heterocycles. The standard InChI is InChI=1S/C40H45ClN2O7Si/c1-21-26-19-24(47-7)15-16-25(26)32(41)27-17-23-18-28-33(43(5)6)35-31(38(42-49-35)48-20-22-13-11-10-12-14-22)37(46)40(28,50-51(8,9)39(2,3)4)36(45)30(23)34(44)29(21)27/h10-16,19,23,28,33,44H,17-18,20H2,1-9H3/t23-,28-,33-,40-/m0/s1. The molecule has 0 aliphatic heterocycles. The van der Waals surface area contributed by atoms with Crippen molar-refractivity contribution in [1.29, 1.82) is 0 Å². The van der Waals surface area contributed by atoms with Crippen LogP contribution in [-0.2, 0) is 22.2 Å². The van der Waals surface area contributed by atoms with Crippen molar-refractivity contribution in [2.45, 2.75) is 76.9 Å². The van der Waals surface area contributed by atoms with Crippen LogP contribution in [0.15, 0.2) is 58.6 Å². The van der Waals surface area contributed by atoms with E-state index in [0.29, 0.717) is 34.9 Å². The van der Waals surface area contributed by atoms with Gasteiger partial charge in [0.15, 0.2) is 19.7 Å². The lowest BCUT2D eigenvalue weighted by molar-refractivity contribution is -0.140. The minimum absolute atomic E-state index is 0.0208. The molecule has 3 aliphatic rings. The Kier molecular flexibility index (Phi) is 8.57. The number of fused-ring (bicyclic) bond motifs is 5. The predicted molar refractivity (Wildman–Crippen MR) is 199 cm³/mol. The number of ketones is 2. The lowest BCUT2D eigenvalue weighted by atomic mass is 9.57. The van der Waals surface area contributed by atoms with Crippen LogP contribution >= 0.6 is 11.6 Å². The average molecular weight is 729 g/mol. The van der Waals surface area contributed by atoms with Gasteiger partial charge in [0, 0.05) is 22.4 Å². The van der Waals surface area contributed by atoms with Crippen LogP contribution in [0.25, 0.3) is 16.5 Å². The Bertz CT molecular complexity index is 2120. The van der Waals surface area contributed by atoms with E-state index in [2.05, 4.69) is 25.9 Å². The summed E-state index contributed by atoms with van der Waals surface area (Å²) >= 11 is 7.13. The minimum atomic E-state index is -2.86. The number of rotatable bonds is 7. The number of hydrogen-bond acceptors (Lipinski definition) is 9.